The van der Waals surface area contributed by atoms with Crippen LogP contribution in [0.3, 0.4) is 0 Å². The molecule has 21 heavy (non-hydrogen) atoms. The van der Waals surface area contributed by atoms with Gasteiger partial charge in [0, 0.05) is 23.0 Å². The van der Waals surface area contributed by atoms with E-state index in [0.29, 0.717) is 6.04 Å². The Morgan fingerprint density at radius 2 is 2.10 bits per heavy atom. The van der Waals surface area contributed by atoms with Crippen LogP contribution >= 0.6 is 11.3 Å². The second-order valence-corrected chi connectivity index (χ2v) is 7.50. The van der Waals surface area contributed by atoms with Crippen molar-refractivity contribution in [1.82, 2.24) is 15.5 Å². The summed E-state index contributed by atoms with van der Waals surface area (Å²) < 4.78 is 0. The Morgan fingerprint density at radius 1 is 1.38 bits per heavy atom. The largest absolute Gasteiger partial charge is 0.333 e. The second-order valence-electron chi connectivity index (χ2n) is 6.47. The molecule has 0 atom stereocenters. The number of imide groups is 1. The van der Waals surface area contributed by atoms with Gasteiger partial charge in [0.15, 0.2) is 0 Å². The van der Waals surface area contributed by atoms with E-state index >= 15 is 0 Å². The number of carbonyl (C=O) groups excluding carboxylic acids is 2. The van der Waals surface area contributed by atoms with Crippen molar-refractivity contribution in [1.29, 1.82) is 0 Å². The molecule has 6 heteroatoms. The molecule has 0 saturated heterocycles. The zero-order valence-electron chi connectivity index (χ0n) is 12.8. The van der Waals surface area contributed by atoms with Crippen LogP contribution in [0, 0.1) is 0 Å². The molecule has 1 heterocycles. The van der Waals surface area contributed by atoms with Crippen molar-refractivity contribution < 1.29 is 9.59 Å². The molecule has 116 valence electrons. The van der Waals surface area contributed by atoms with Crippen molar-refractivity contribution in [3.05, 3.63) is 22.4 Å². The molecule has 0 spiro atoms. The molecular weight excluding hydrogens is 286 g/mol. The lowest BCUT2D eigenvalue weighted by atomic mass is 10.1. The smallest absolute Gasteiger partial charge is 0.321 e. The molecule has 0 radical (unpaired) electrons. The highest BCUT2D eigenvalue weighted by Crippen LogP contribution is 2.28. The molecule has 3 amide bonds. The van der Waals surface area contributed by atoms with Gasteiger partial charge in [0.25, 0.3) is 0 Å². The van der Waals surface area contributed by atoms with Crippen LogP contribution in [0.15, 0.2) is 17.5 Å². The highest BCUT2D eigenvalue weighted by atomic mass is 32.1. The molecule has 0 bridgehead atoms. The molecule has 1 aromatic rings. The van der Waals surface area contributed by atoms with Crippen LogP contribution in [0.2, 0.25) is 0 Å². The maximum Gasteiger partial charge on any atom is 0.321 e. The van der Waals surface area contributed by atoms with Crippen LogP contribution in [0.25, 0.3) is 0 Å². The quantitative estimate of drug-likeness (QED) is 0.877. The van der Waals surface area contributed by atoms with E-state index in [0.717, 1.165) is 19.4 Å². The number of nitrogens with zero attached hydrogens (tertiary/aromatic N) is 1. The van der Waals surface area contributed by atoms with Gasteiger partial charge in [-0.25, -0.2) is 4.79 Å². The number of nitrogens with one attached hydrogen (secondary N) is 2. The van der Waals surface area contributed by atoms with E-state index in [1.807, 2.05) is 32.2 Å². The van der Waals surface area contributed by atoms with Crippen LogP contribution in [0.5, 0.6) is 0 Å². The van der Waals surface area contributed by atoms with Crippen molar-refractivity contribution in [2.45, 2.75) is 51.7 Å². The van der Waals surface area contributed by atoms with Crippen LogP contribution in [0.4, 0.5) is 4.79 Å². The molecule has 0 unspecified atom stereocenters. The highest BCUT2D eigenvalue weighted by Gasteiger charge is 2.30. The number of rotatable bonds is 5. The van der Waals surface area contributed by atoms with E-state index in [1.165, 1.54) is 4.88 Å². The molecule has 1 fully saturated rings. The fourth-order valence-electron chi connectivity index (χ4n) is 2.08. The minimum Gasteiger partial charge on any atom is -0.333 e. The predicted molar refractivity (Wildman–Crippen MR) is 84.2 cm³/mol. The Balaban J connectivity index is 1.83. The maximum atomic E-state index is 12.0. The van der Waals surface area contributed by atoms with Crippen molar-refractivity contribution in [2.24, 2.45) is 0 Å². The SMILES string of the molecule is CC(C)(C)NC(=O)NC(=O)CN(Cc1cccs1)C1CC1. The third kappa shape index (κ3) is 5.85. The summed E-state index contributed by atoms with van der Waals surface area (Å²) in [4.78, 5) is 27.1. The lowest BCUT2D eigenvalue weighted by molar-refractivity contribution is -0.121. The average Bonchev–Trinajstić information content (AvgIpc) is 3.05. The van der Waals surface area contributed by atoms with Gasteiger partial charge in [-0.1, -0.05) is 6.07 Å². The maximum absolute atomic E-state index is 12.0. The zero-order valence-corrected chi connectivity index (χ0v) is 13.6. The van der Waals surface area contributed by atoms with E-state index in [1.54, 1.807) is 11.3 Å². The Bertz CT molecular complexity index is 490. The first-order valence-corrected chi connectivity index (χ1v) is 8.10. The van der Waals surface area contributed by atoms with Crippen molar-refractivity contribution in [3.63, 3.8) is 0 Å². The minimum atomic E-state index is -0.431. The van der Waals surface area contributed by atoms with Gasteiger partial charge in [0.1, 0.15) is 0 Å². The molecule has 1 aliphatic carbocycles. The normalized spacial score (nSPS) is 15.0. The van der Waals surface area contributed by atoms with Crippen LogP contribution in [-0.2, 0) is 11.3 Å². The van der Waals surface area contributed by atoms with E-state index < -0.39 is 6.03 Å². The molecule has 0 aliphatic heterocycles. The predicted octanol–water partition coefficient (Wildman–Crippen LogP) is 2.34. The summed E-state index contributed by atoms with van der Waals surface area (Å²) in [5, 5.41) is 7.17. The van der Waals surface area contributed by atoms with Crippen LogP contribution in [0.1, 0.15) is 38.5 Å². The Morgan fingerprint density at radius 3 is 2.62 bits per heavy atom. The Labute approximate surface area is 129 Å². The average molecular weight is 309 g/mol. The van der Waals surface area contributed by atoms with E-state index in [-0.39, 0.29) is 18.0 Å². The van der Waals surface area contributed by atoms with Gasteiger partial charge < -0.3 is 5.32 Å². The molecule has 0 aromatic carbocycles. The van der Waals surface area contributed by atoms with Gasteiger partial charge >= 0.3 is 6.03 Å². The molecule has 1 aromatic heterocycles. The number of amides is 3. The van der Waals surface area contributed by atoms with Crippen molar-refractivity contribution >= 4 is 23.3 Å². The van der Waals surface area contributed by atoms with Gasteiger partial charge in [-0.2, -0.15) is 0 Å². The number of thiophene rings is 1. The molecule has 1 saturated carbocycles. The first-order chi connectivity index (χ1) is 9.83. The van der Waals surface area contributed by atoms with Crippen LogP contribution < -0.4 is 10.6 Å². The number of hydrogen-bond acceptors (Lipinski definition) is 4. The van der Waals surface area contributed by atoms with Crippen molar-refractivity contribution in [2.75, 3.05) is 6.54 Å². The monoisotopic (exact) mass is 309 g/mol. The van der Waals surface area contributed by atoms with Crippen LogP contribution in [-0.4, -0.2) is 35.0 Å². The molecule has 1 aliphatic rings. The highest BCUT2D eigenvalue weighted by molar-refractivity contribution is 7.09. The Kier molecular flexibility index (Phi) is 5.00. The first-order valence-electron chi connectivity index (χ1n) is 7.22. The van der Waals surface area contributed by atoms with Gasteiger partial charge in [-0.15, -0.1) is 11.3 Å². The first kappa shape index (κ1) is 16.0. The zero-order chi connectivity index (χ0) is 15.5. The standard InChI is InChI=1S/C15H23N3O2S/c1-15(2,3)17-14(20)16-13(19)10-18(11-6-7-11)9-12-5-4-8-21-12/h4-5,8,11H,6-7,9-10H2,1-3H3,(H2,16,17,19,20). The molecule has 5 nitrogen and oxygen atoms in total. The summed E-state index contributed by atoms with van der Waals surface area (Å²) >= 11 is 1.69. The lowest BCUT2D eigenvalue weighted by Crippen LogP contribution is -2.50. The van der Waals surface area contributed by atoms with Gasteiger partial charge in [-0.05, 0) is 45.1 Å². The topological polar surface area (TPSA) is 61.4 Å². The fraction of sp³-hybridized carbons (Fsp3) is 0.600. The van der Waals surface area contributed by atoms with Gasteiger partial charge in [0.05, 0.1) is 6.54 Å². The summed E-state index contributed by atoms with van der Waals surface area (Å²) in [5.41, 5.74) is -0.350. The third-order valence-corrected chi connectivity index (χ3v) is 3.95. The van der Waals surface area contributed by atoms with Crippen molar-refractivity contribution in [3.8, 4) is 0 Å². The third-order valence-electron chi connectivity index (χ3n) is 3.09. The minimum absolute atomic E-state index is 0.250. The van der Waals surface area contributed by atoms with E-state index in [9.17, 15) is 9.59 Å². The summed E-state index contributed by atoms with van der Waals surface area (Å²) in [6.07, 6.45) is 2.26. The summed E-state index contributed by atoms with van der Waals surface area (Å²) in [6.45, 7) is 6.68. The van der Waals surface area contributed by atoms with E-state index in [4.69, 9.17) is 0 Å². The van der Waals surface area contributed by atoms with E-state index in [2.05, 4.69) is 21.6 Å². The van der Waals surface area contributed by atoms with Gasteiger partial charge in [-0.3, -0.25) is 15.0 Å². The molecule has 2 rings (SSSR count). The lowest BCUT2D eigenvalue weighted by Gasteiger charge is -2.22. The number of urea groups is 1. The Hall–Kier alpha value is -1.40. The number of hydrogen-bond donors (Lipinski definition) is 2. The van der Waals surface area contributed by atoms with Gasteiger partial charge in [0.2, 0.25) is 5.91 Å². The number of carbonyl (C=O) groups is 2. The summed E-state index contributed by atoms with van der Waals surface area (Å²) in [7, 11) is 0. The molecular formula is C15H23N3O2S. The molecule has 2 N–H and O–H groups in total. The fourth-order valence-corrected chi connectivity index (χ4v) is 2.81. The summed E-state index contributed by atoms with van der Waals surface area (Å²) in [6, 6.07) is 4.13. The summed E-state index contributed by atoms with van der Waals surface area (Å²) in [5.74, 6) is -0.250. The second kappa shape index (κ2) is 6.58.